The minimum atomic E-state index is -0.511. The lowest BCUT2D eigenvalue weighted by Gasteiger charge is -2.05. The second-order valence-electron chi connectivity index (χ2n) is 5.50. The highest BCUT2D eigenvalue weighted by atomic mass is 32.1. The van der Waals surface area contributed by atoms with Crippen LogP contribution in [0.15, 0.2) is 53.5 Å². The average Bonchev–Trinajstić information content (AvgIpc) is 2.97. The van der Waals surface area contributed by atoms with Crippen LogP contribution in [0.5, 0.6) is 5.75 Å². The summed E-state index contributed by atoms with van der Waals surface area (Å²) in [6, 6.07) is 13.1. The number of hydrogen-bond acceptors (Lipinski definition) is 5. The Labute approximate surface area is 158 Å². The molecule has 27 heavy (non-hydrogen) atoms. The van der Waals surface area contributed by atoms with Gasteiger partial charge in [-0.05, 0) is 37.3 Å². The van der Waals surface area contributed by atoms with E-state index in [4.69, 9.17) is 9.47 Å². The lowest BCUT2D eigenvalue weighted by Crippen LogP contribution is -2.24. The van der Waals surface area contributed by atoms with Crippen LogP contribution in [0.25, 0.3) is 10.2 Å². The summed E-state index contributed by atoms with van der Waals surface area (Å²) in [4.78, 5) is 28.4. The fraction of sp³-hybridized carbons (Fsp3) is 0.211. The second-order valence-corrected chi connectivity index (χ2v) is 6.50. The summed E-state index contributed by atoms with van der Waals surface area (Å²) in [6.45, 7) is 1.59. The van der Waals surface area contributed by atoms with Crippen molar-refractivity contribution in [2.45, 2.75) is 13.5 Å². The fourth-order valence-corrected chi connectivity index (χ4v) is 3.49. The molecule has 3 aromatic rings. The molecule has 0 atom stereocenters. The van der Waals surface area contributed by atoms with Gasteiger partial charge in [0.05, 0.1) is 16.8 Å². The van der Waals surface area contributed by atoms with Crippen LogP contribution >= 0.6 is 11.3 Å². The van der Waals surface area contributed by atoms with Crippen LogP contribution in [0.4, 0.5) is 4.39 Å². The first-order valence-corrected chi connectivity index (χ1v) is 9.08. The number of hydrogen-bond donors (Lipinski definition) is 0. The summed E-state index contributed by atoms with van der Waals surface area (Å²) in [5.41, 5.74) is 0.602. The van der Waals surface area contributed by atoms with Crippen molar-refractivity contribution >= 4 is 33.4 Å². The van der Waals surface area contributed by atoms with Gasteiger partial charge in [-0.2, -0.15) is 4.99 Å². The molecule has 0 unspecified atom stereocenters. The standard InChI is InChI=1S/C19H17FN2O4S/c1-2-25-18(24)11-22-15-9-8-13(20)10-16(15)27-19(22)21-17(23)12-26-14-6-4-3-5-7-14/h3-10H,2,11-12H2,1H3. The molecule has 0 saturated heterocycles. The van der Waals surface area contributed by atoms with Crippen molar-refractivity contribution in [2.75, 3.05) is 13.2 Å². The van der Waals surface area contributed by atoms with Crippen molar-refractivity contribution in [2.24, 2.45) is 4.99 Å². The summed E-state index contributed by atoms with van der Waals surface area (Å²) in [5, 5.41) is 0. The monoisotopic (exact) mass is 388 g/mol. The molecule has 0 saturated carbocycles. The molecule has 1 amide bonds. The first-order valence-electron chi connectivity index (χ1n) is 8.26. The van der Waals surface area contributed by atoms with Crippen molar-refractivity contribution < 1.29 is 23.5 Å². The predicted octanol–water partition coefficient (Wildman–Crippen LogP) is 2.91. The number of rotatable bonds is 6. The highest BCUT2D eigenvalue weighted by Gasteiger charge is 2.13. The van der Waals surface area contributed by atoms with Gasteiger partial charge >= 0.3 is 5.97 Å². The maximum Gasteiger partial charge on any atom is 0.326 e. The van der Waals surface area contributed by atoms with E-state index in [1.807, 2.05) is 6.07 Å². The molecule has 1 aromatic heterocycles. The molecule has 0 aliphatic carbocycles. The molecule has 1 heterocycles. The van der Waals surface area contributed by atoms with Gasteiger partial charge in [0.2, 0.25) is 0 Å². The minimum absolute atomic E-state index is 0.120. The molecule has 2 aromatic carbocycles. The Hall–Kier alpha value is -3.00. The Morgan fingerprint density at radius 3 is 2.70 bits per heavy atom. The average molecular weight is 388 g/mol. The Morgan fingerprint density at radius 2 is 1.96 bits per heavy atom. The SMILES string of the molecule is CCOC(=O)Cn1c(=NC(=O)COc2ccccc2)sc2cc(F)ccc21. The molecular formula is C19H17FN2O4S. The third-order valence-corrected chi connectivity index (χ3v) is 4.60. The first-order chi connectivity index (χ1) is 13.1. The molecular weight excluding hydrogens is 371 g/mol. The number of ether oxygens (including phenoxy) is 2. The number of carbonyl (C=O) groups is 2. The molecule has 3 rings (SSSR count). The van der Waals surface area contributed by atoms with Crippen LogP contribution in [-0.2, 0) is 20.9 Å². The van der Waals surface area contributed by atoms with Crippen molar-refractivity contribution in [1.82, 2.24) is 4.57 Å². The van der Waals surface area contributed by atoms with Gasteiger partial charge in [0.1, 0.15) is 18.1 Å². The molecule has 0 spiro atoms. The van der Waals surface area contributed by atoms with E-state index < -0.39 is 17.7 Å². The number of para-hydroxylation sites is 1. The number of benzene rings is 2. The van der Waals surface area contributed by atoms with E-state index in [2.05, 4.69) is 4.99 Å². The van der Waals surface area contributed by atoms with Crippen molar-refractivity contribution in [1.29, 1.82) is 0 Å². The minimum Gasteiger partial charge on any atom is -0.484 e. The number of fused-ring (bicyclic) bond motifs is 1. The van der Waals surface area contributed by atoms with Gasteiger partial charge in [-0.1, -0.05) is 29.5 Å². The Balaban J connectivity index is 1.90. The van der Waals surface area contributed by atoms with Crippen LogP contribution in [0.3, 0.4) is 0 Å². The van der Waals surface area contributed by atoms with Gasteiger partial charge in [-0.3, -0.25) is 9.59 Å². The van der Waals surface area contributed by atoms with E-state index in [9.17, 15) is 14.0 Å². The van der Waals surface area contributed by atoms with Gasteiger partial charge in [0.25, 0.3) is 5.91 Å². The maximum atomic E-state index is 13.5. The molecule has 140 valence electrons. The molecule has 0 aliphatic rings. The number of esters is 1. The van der Waals surface area contributed by atoms with E-state index in [1.165, 1.54) is 16.7 Å². The molecule has 0 aliphatic heterocycles. The lowest BCUT2D eigenvalue weighted by atomic mass is 10.3. The van der Waals surface area contributed by atoms with Crippen molar-refractivity contribution in [3.05, 3.63) is 59.1 Å². The summed E-state index contributed by atoms with van der Waals surface area (Å²) in [5.74, 6) is -0.823. The Kier molecular flexibility index (Phi) is 5.97. The first kappa shape index (κ1) is 18.8. The number of thiazole rings is 1. The van der Waals surface area contributed by atoms with Gasteiger partial charge in [0, 0.05) is 0 Å². The summed E-state index contributed by atoms with van der Waals surface area (Å²) in [6.07, 6.45) is 0. The zero-order valence-electron chi connectivity index (χ0n) is 14.6. The topological polar surface area (TPSA) is 69.9 Å². The molecule has 0 bridgehead atoms. The quantitative estimate of drug-likeness (QED) is 0.609. The van der Waals surface area contributed by atoms with Crippen molar-refractivity contribution in [3.63, 3.8) is 0 Å². The summed E-state index contributed by atoms with van der Waals surface area (Å²) in [7, 11) is 0. The van der Waals surface area contributed by atoms with E-state index in [-0.39, 0.29) is 24.6 Å². The number of aromatic nitrogens is 1. The Morgan fingerprint density at radius 1 is 1.19 bits per heavy atom. The zero-order chi connectivity index (χ0) is 19.2. The van der Waals surface area contributed by atoms with Gasteiger partial charge in [0.15, 0.2) is 11.4 Å². The number of nitrogens with zero attached hydrogens (tertiary/aromatic N) is 2. The molecule has 6 nitrogen and oxygen atoms in total. The summed E-state index contributed by atoms with van der Waals surface area (Å²) < 4.78 is 26.0. The number of amides is 1. The smallest absolute Gasteiger partial charge is 0.326 e. The summed E-state index contributed by atoms with van der Waals surface area (Å²) >= 11 is 1.12. The largest absolute Gasteiger partial charge is 0.484 e. The molecule has 0 N–H and O–H groups in total. The number of halogens is 1. The third kappa shape index (κ3) is 4.79. The van der Waals surface area contributed by atoms with E-state index >= 15 is 0 Å². The van der Waals surface area contributed by atoms with Crippen LogP contribution < -0.4 is 9.54 Å². The zero-order valence-corrected chi connectivity index (χ0v) is 15.4. The van der Waals surface area contributed by atoms with E-state index in [0.29, 0.717) is 16.0 Å². The number of carbonyl (C=O) groups excluding carboxylic acids is 2. The van der Waals surface area contributed by atoms with Crippen LogP contribution in [-0.4, -0.2) is 29.7 Å². The molecule has 0 radical (unpaired) electrons. The fourth-order valence-electron chi connectivity index (χ4n) is 2.42. The predicted molar refractivity (Wildman–Crippen MR) is 98.9 cm³/mol. The van der Waals surface area contributed by atoms with Gasteiger partial charge in [-0.25, -0.2) is 4.39 Å². The highest BCUT2D eigenvalue weighted by molar-refractivity contribution is 7.16. The third-order valence-electron chi connectivity index (χ3n) is 3.56. The van der Waals surface area contributed by atoms with Crippen molar-refractivity contribution in [3.8, 4) is 5.75 Å². The molecule has 0 fully saturated rings. The van der Waals surface area contributed by atoms with E-state index in [0.717, 1.165) is 11.3 Å². The van der Waals surface area contributed by atoms with E-state index in [1.54, 1.807) is 37.3 Å². The second kappa shape index (κ2) is 8.59. The van der Waals surface area contributed by atoms with Crippen LogP contribution in [0, 0.1) is 5.82 Å². The Bertz CT molecular complexity index is 1030. The lowest BCUT2D eigenvalue weighted by molar-refractivity contribution is -0.143. The molecule has 8 heteroatoms. The normalized spacial score (nSPS) is 11.6. The van der Waals surface area contributed by atoms with Gasteiger partial charge < -0.3 is 14.0 Å². The highest BCUT2D eigenvalue weighted by Crippen LogP contribution is 2.19. The van der Waals surface area contributed by atoms with Crippen LogP contribution in [0.1, 0.15) is 6.92 Å². The van der Waals surface area contributed by atoms with Gasteiger partial charge in [-0.15, -0.1) is 0 Å². The van der Waals surface area contributed by atoms with Crippen LogP contribution in [0.2, 0.25) is 0 Å². The maximum absolute atomic E-state index is 13.5.